The largest absolute Gasteiger partial charge is 0.494 e. The van der Waals surface area contributed by atoms with Crippen molar-refractivity contribution in [2.75, 3.05) is 23.2 Å². The Kier molecular flexibility index (Phi) is 9.01. The highest BCUT2D eigenvalue weighted by Crippen LogP contribution is 2.28. The zero-order valence-electron chi connectivity index (χ0n) is 20.5. The SMILES string of the molecule is C=C(C)c1cccc(C(C)CNC(=O)Nc2ccc(Cl)c(S(=O)(=O)Nc3ccc(OCC)cc3)c2)c1. The molecule has 0 bridgehead atoms. The van der Waals surface area contributed by atoms with E-state index in [-0.39, 0.29) is 15.8 Å². The van der Waals surface area contributed by atoms with E-state index in [1.165, 1.54) is 18.2 Å². The Labute approximate surface area is 217 Å². The lowest BCUT2D eigenvalue weighted by molar-refractivity contribution is 0.251. The molecule has 0 heterocycles. The van der Waals surface area contributed by atoms with E-state index in [9.17, 15) is 13.2 Å². The highest BCUT2D eigenvalue weighted by molar-refractivity contribution is 7.92. The van der Waals surface area contributed by atoms with Crippen LogP contribution in [-0.4, -0.2) is 27.6 Å². The van der Waals surface area contributed by atoms with Crippen LogP contribution in [0.3, 0.4) is 0 Å². The summed E-state index contributed by atoms with van der Waals surface area (Å²) < 4.78 is 33.8. The number of hydrogen-bond acceptors (Lipinski definition) is 4. The molecule has 0 saturated carbocycles. The molecule has 3 aromatic carbocycles. The number of rotatable bonds is 10. The first-order chi connectivity index (χ1) is 17.1. The first-order valence-corrected chi connectivity index (χ1v) is 13.3. The quantitative estimate of drug-likeness (QED) is 0.280. The van der Waals surface area contributed by atoms with Crippen molar-refractivity contribution in [1.29, 1.82) is 0 Å². The van der Waals surface area contributed by atoms with Crippen LogP contribution in [0, 0.1) is 0 Å². The van der Waals surface area contributed by atoms with Crippen molar-refractivity contribution in [2.45, 2.75) is 31.6 Å². The summed E-state index contributed by atoms with van der Waals surface area (Å²) in [4.78, 5) is 12.3. The number of allylic oxidation sites excluding steroid dienone is 1. The van der Waals surface area contributed by atoms with Crippen molar-refractivity contribution in [3.63, 3.8) is 0 Å². The van der Waals surface area contributed by atoms with Crippen molar-refractivity contribution < 1.29 is 17.9 Å². The second kappa shape index (κ2) is 12.0. The van der Waals surface area contributed by atoms with Crippen LogP contribution in [0.5, 0.6) is 5.75 Å². The Morgan fingerprint density at radius 3 is 2.42 bits per heavy atom. The molecular weight excluding hydrogens is 498 g/mol. The molecule has 190 valence electrons. The molecule has 0 saturated heterocycles. The number of anilines is 2. The van der Waals surface area contributed by atoms with Gasteiger partial charge in [-0.2, -0.15) is 0 Å². The molecule has 0 spiro atoms. The van der Waals surface area contributed by atoms with Crippen LogP contribution in [-0.2, 0) is 10.0 Å². The summed E-state index contributed by atoms with van der Waals surface area (Å²) in [5.74, 6) is 0.697. The Morgan fingerprint density at radius 2 is 1.75 bits per heavy atom. The number of nitrogens with one attached hydrogen (secondary N) is 3. The van der Waals surface area contributed by atoms with Gasteiger partial charge in [-0.1, -0.05) is 54.9 Å². The summed E-state index contributed by atoms with van der Waals surface area (Å²) in [5.41, 5.74) is 3.75. The number of sulfonamides is 1. The van der Waals surface area contributed by atoms with Gasteiger partial charge in [-0.15, -0.1) is 0 Å². The van der Waals surface area contributed by atoms with Crippen LogP contribution in [0.25, 0.3) is 5.57 Å². The van der Waals surface area contributed by atoms with E-state index in [0.29, 0.717) is 30.3 Å². The maximum Gasteiger partial charge on any atom is 0.319 e. The van der Waals surface area contributed by atoms with Gasteiger partial charge in [0.25, 0.3) is 10.0 Å². The molecule has 0 fully saturated rings. The number of ether oxygens (including phenoxy) is 1. The second-order valence-electron chi connectivity index (χ2n) is 8.35. The minimum Gasteiger partial charge on any atom is -0.494 e. The number of amides is 2. The van der Waals surface area contributed by atoms with E-state index in [1.807, 2.05) is 39.0 Å². The lowest BCUT2D eigenvalue weighted by Crippen LogP contribution is -2.31. The van der Waals surface area contributed by atoms with Crippen LogP contribution in [0.1, 0.15) is 37.8 Å². The Morgan fingerprint density at radius 1 is 1.06 bits per heavy atom. The molecule has 3 rings (SSSR count). The summed E-state index contributed by atoms with van der Waals surface area (Å²) >= 11 is 6.18. The predicted octanol–water partition coefficient (Wildman–Crippen LogP) is 6.50. The fourth-order valence-corrected chi connectivity index (χ4v) is 5.02. The zero-order valence-corrected chi connectivity index (χ0v) is 22.0. The van der Waals surface area contributed by atoms with Crippen molar-refractivity contribution in [2.24, 2.45) is 0 Å². The molecule has 0 aliphatic heterocycles. The maximum atomic E-state index is 13.0. The average Bonchev–Trinajstić information content (AvgIpc) is 2.85. The fourth-order valence-electron chi connectivity index (χ4n) is 3.43. The molecule has 1 atom stereocenters. The summed E-state index contributed by atoms with van der Waals surface area (Å²) in [6.45, 7) is 10.7. The van der Waals surface area contributed by atoms with Gasteiger partial charge in [-0.3, -0.25) is 4.72 Å². The van der Waals surface area contributed by atoms with Crippen LogP contribution < -0.4 is 20.1 Å². The molecular formula is C27H30ClN3O4S. The molecule has 0 aliphatic carbocycles. The van der Waals surface area contributed by atoms with E-state index >= 15 is 0 Å². The first-order valence-electron chi connectivity index (χ1n) is 11.4. The molecule has 0 radical (unpaired) electrons. The maximum absolute atomic E-state index is 13.0. The third-order valence-corrected chi connectivity index (χ3v) is 7.28. The molecule has 3 N–H and O–H groups in total. The molecule has 36 heavy (non-hydrogen) atoms. The highest BCUT2D eigenvalue weighted by atomic mass is 35.5. The molecule has 3 aromatic rings. The normalized spacial score (nSPS) is 11.9. The minimum atomic E-state index is -4.00. The van der Waals surface area contributed by atoms with E-state index in [0.717, 1.165) is 16.7 Å². The summed E-state index contributed by atoms with van der Waals surface area (Å²) in [6.07, 6.45) is 0. The van der Waals surface area contributed by atoms with Gasteiger partial charge < -0.3 is 15.4 Å². The van der Waals surface area contributed by atoms with Crippen molar-refractivity contribution in [3.05, 3.63) is 89.5 Å². The number of carbonyl (C=O) groups excluding carboxylic acids is 1. The van der Waals surface area contributed by atoms with Crippen LogP contribution in [0.15, 0.2) is 78.2 Å². The van der Waals surface area contributed by atoms with E-state index in [1.54, 1.807) is 24.3 Å². The lowest BCUT2D eigenvalue weighted by Gasteiger charge is -2.16. The summed E-state index contributed by atoms with van der Waals surface area (Å²) in [6, 6.07) is 18.4. The Balaban J connectivity index is 1.65. The number of carbonyl (C=O) groups is 1. The Bertz CT molecular complexity index is 1340. The van der Waals surface area contributed by atoms with Crippen molar-refractivity contribution >= 4 is 44.6 Å². The molecule has 9 heteroatoms. The molecule has 0 aromatic heterocycles. The molecule has 1 unspecified atom stereocenters. The van der Waals surface area contributed by atoms with Crippen LogP contribution in [0.2, 0.25) is 5.02 Å². The number of halogens is 1. The number of benzene rings is 3. The van der Waals surface area contributed by atoms with Crippen LogP contribution >= 0.6 is 11.6 Å². The summed E-state index contributed by atoms with van der Waals surface area (Å²) in [5, 5.41) is 5.53. The van der Waals surface area contributed by atoms with Crippen LogP contribution in [0.4, 0.5) is 16.2 Å². The molecule has 0 aliphatic rings. The van der Waals surface area contributed by atoms with Gasteiger partial charge in [-0.25, -0.2) is 13.2 Å². The topological polar surface area (TPSA) is 96.5 Å². The third-order valence-electron chi connectivity index (χ3n) is 5.41. The van der Waals surface area contributed by atoms with Gasteiger partial charge >= 0.3 is 6.03 Å². The number of hydrogen-bond donors (Lipinski definition) is 3. The first kappa shape index (κ1) is 27.1. The minimum absolute atomic E-state index is 0.0328. The average molecular weight is 528 g/mol. The van der Waals surface area contributed by atoms with Gasteiger partial charge in [0, 0.05) is 17.9 Å². The molecule has 2 amide bonds. The van der Waals surface area contributed by atoms with Gasteiger partial charge in [-0.05, 0) is 73.4 Å². The van der Waals surface area contributed by atoms with E-state index in [4.69, 9.17) is 16.3 Å². The fraction of sp³-hybridized carbons (Fsp3) is 0.222. The van der Waals surface area contributed by atoms with Crippen molar-refractivity contribution in [1.82, 2.24) is 5.32 Å². The highest BCUT2D eigenvalue weighted by Gasteiger charge is 2.20. The van der Waals surface area contributed by atoms with Gasteiger partial charge in [0.15, 0.2) is 0 Å². The Hall–Kier alpha value is -3.49. The van der Waals surface area contributed by atoms with Gasteiger partial charge in [0.1, 0.15) is 10.6 Å². The standard InChI is InChI=1S/C27H30ClN3O4S/c1-5-35-24-12-9-22(10-13-24)31-36(33,34)26-16-23(11-14-25(26)28)30-27(32)29-17-19(4)21-8-6-7-20(15-21)18(2)3/h6-16,19,31H,2,5,17H2,1,3-4H3,(H2,29,30,32). The van der Waals surface area contributed by atoms with Crippen molar-refractivity contribution in [3.8, 4) is 5.75 Å². The van der Waals surface area contributed by atoms with Gasteiger partial charge in [0.05, 0.1) is 11.6 Å². The monoisotopic (exact) mass is 527 g/mol. The molecule has 7 nitrogen and oxygen atoms in total. The van der Waals surface area contributed by atoms with Gasteiger partial charge in [0.2, 0.25) is 0 Å². The zero-order chi connectivity index (χ0) is 26.3. The van der Waals surface area contributed by atoms with E-state index in [2.05, 4.69) is 28.0 Å². The second-order valence-corrected chi connectivity index (χ2v) is 10.4. The van der Waals surface area contributed by atoms with E-state index < -0.39 is 16.1 Å². The number of urea groups is 1. The third kappa shape index (κ3) is 7.26. The predicted molar refractivity (Wildman–Crippen MR) is 146 cm³/mol. The summed E-state index contributed by atoms with van der Waals surface area (Å²) in [7, 11) is -4.00. The smallest absolute Gasteiger partial charge is 0.319 e. The lowest BCUT2D eigenvalue weighted by atomic mass is 9.97.